The number of sulfone groups is 1. The number of carboxylic acids is 1. The average molecular weight is 2070 g/mol. The molecule has 35 heteroatoms. The second-order valence-electron chi connectivity index (χ2n) is 46.0. The summed E-state index contributed by atoms with van der Waals surface area (Å²) in [5.74, 6) is -0.702. The normalized spacial score (nSPS) is 15.3. The number of hydrogen-bond donors (Lipinski definition) is 9. The topological polar surface area (TPSA) is 360 Å². The number of aliphatic hydroxyl groups is 3. The van der Waals surface area contributed by atoms with E-state index in [1.54, 1.807) is 19.3 Å². The molecule has 3 aliphatic heterocycles. The molecule has 3 aromatic heterocycles. The van der Waals surface area contributed by atoms with Crippen LogP contribution >= 0.6 is 11.6 Å². The van der Waals surface area contributed by atoms with Crippen LogP contribution in [0.3, 0.4) is 0 Å². The Balaban J connectivity index is -0.00000153. The molecule has 3 aliphatic rings. The Labute approximate surface area is 871 Å². The first-order valence-electron chi connectivity index (χ1n) is 52.8. The highest BCUT2D eigenvalue weighted by Crippen LogP contribution is 2.23. The largest absolute Gasteiger partial charge is 0.479 e. The highest BCUT2D eigenvalue weighted by molar-refractivity contribution is 7.90. The Morgan fingerprint density at radius 1 is 0.458 bits per heavy atom. The minimum absolute atomic E-state index is 0.00361. The SMILES string of the molecule is CC(=O)N1CCN(CCCOC(C)(C)C)CC1.CC(C)(C)OCCCN1CCC(O)(C(=O)O)CC1.CC(C)(C)OCCCN1CCC(O)C1.CC(C)(C)OCCCNCCS(C)(=O)=O.CC(C)(C)OCCCNCCc1ccncc1.CC(C)(C)OCCCNCCn1cc(Cl)cn1.CC(C)(C)OCCCNCCn1ccnc1.CN(C)CCNCCCOC(C)(C)C.CN(CCCO)CCCOC(C)(C)C. The minimum atomic E-state index is -2.83. The van der Waals surface area contributed by atoms with Crippen LogP contribution < -0.4 is 26.6 Å². The van der Waals surface area contributed by atoms with Crippen LogP contribution in [-0.2, 0) is 81.6 Å². The number of amides is 1. The van der Waals surface area contributed by atoms with Crippen molar-refractivity contribution < 1.29 is 81.1 Å². The summed E-state index contributed by atoms with van der Waals surface area (Å²) in [6.07, 6.45) is 26.6. The van der Waals surface area contributed by atoms with Crippen LogP contribution in [-0.4, -0.2) is 413 Å². The Hall–Kier alpha value is -4.13. The van der Waals surface area contributed by atoms with Gasteiger partial charge < -0.3 is 119 Å². The molecule has 0 spiro atoms. The number of ether oxygens (including phenoxy) is 9. The molecule has 3 fully saturated rings. The summed E-state index contributed by atoms with van der Waals surface area (Å²) in [7, 11) is 3.42. The van der Waals surface area contributed by atoms with Gasteiger partial charge in [-0.15, -0.1) is 0 Å². The number of aliphatic carboxylic acids is 1. The van der Waals surface area contributed by atoms with E-state index in [4.69, 9.17) is 64.4 Å². The summed E-state index contributed by atoms with van der Waals surface area (Å²) < 4.78 is 76.0. The molecule has 6 heterocycles. The van der Waals surface area contributed by atoms with Crippen LogP contribution in [0.4, 0.5) is 0 Å². The fourth-order valence-corrected chi connectivity index (χ4v) is 13.6. The standard InChI is InChI=1S/C14H24N2O.C13H26N2O2.C13H25NO4.C12H22ClN3O.C12H23N3O.C11H26N2O.C11H23NO2.C11H25NO2.C10H23NO3S/c1-14(2,3)17-12-4-8-15-9-5-13-6-10-16-11-7-13;1-12(16)15-9-7-14(8-10-15)6-5-11-17-13(2,3)4;1-12(2,3)18-10-4-7-14-8-5-13(17,6-9-14)11(15)16;1-12(2,3)17-8-4-5-14-6-7-16-10-11(13)9-15-16;1-12(2,3)16-10-4-5-13-6-8-15-9-7-14-11-15;1-11(2,3)14-10-6-7-12-8-9-13(4)5;1-11(2,3)14-8-4-6-12-7-5-10(13)9-12;1-11(2,3)14-10-6-8-12(4)7-5-9-13;1-10(2,3)14-8-5-6-11-7-9-15(4,12)13/h6-7,10-11,15H,4-5,8-9,12H2,1-3H3;5-11H2,1-4H3;17H,4-10H2,1-3H3,(H,15,16);9-10,14H,4-8H2,1-3H3;7,9,11,13H,4-6,8,10H2,1-3H3;12H,6-10H2,1-5H3;10,13H,4-9H2,1-3H3;13H,5-10H2,1-4H3;11H,5-9H2,1-4H3. The van der Waals surface area contributed by atoms with Crippen LogP contribution in [0.25, 0.3) is 0 Å². The van der Waals surface area contributed by atoms with Crippen molar-refractivity contribution in [2.45, 2.75) is 359 Å². The molecule has 142 heavy (non-hydrogen) atoms. The average Bonchev–Trinajstić information content (AvgIpc) is 1.24. The molecule has 3 saturated heterocycles. The molecule has 33 nitrogen and oxygen atoms in total. The lowest BCUT2D eigenvalue weighted by Gasteiger charge is -2.35. The lowest BCUT2D eigenvalue weighted by molar-refractivity contribution is -0.163. The molecule has 0 aliphatic carbocycles. The van der Waals surface area contributed by atoms with Gasteiger partial charge in [0.2, 0.25) is 5.91 Å². The number of carbonyl (C=O) groups excluding carboxylic acids is 1. The van der Waals surface area contributed by atoms with E-state index in [0.29, 0.717) is 50.7 Å². The van der Waals surface area contributed by atoms with Crippen LogP contribution in [0.5, 0.6) is 0 Å². The van der Waals surface area contributed by atoms with Gasteiger partial charge in [0.1, 0.15) is 9.84 Å². The van der Waals surface area contributed by atoms with Gasteiger partial charge >= 0.3 is 5.97 Å². The van der Waals surface area contributed by atoms with Gasteiger partial charge in [-0.25, -0.2) is 18.2 Å². The molecule has 6 rings (SSSR count). The molecule has 0 bridgehead atoms. The summed E-state index contributed by atoms with van der Waals surface area (Å²) >= 11 is 5.76. The second kappa shape index (κ2) is 79.9. The number of nitrogens with zero attached hydrogens (tertiary/aromatic N) is 11. The Bertz CT molecular complexity index is 3510. The maximum absolute atomic E-state index is 11.2. The molecule has 3 aromatic rings. The Morgan fingerprint density at radius 3 is 1.17 bits per heavy atom. The van der Waals surface area contributed by atoms with Gasteiger partial charge in [0.15, 0.2) is 5.60 Å². The molecule has 9 N–H and O–H groups in total. The van der Waals surface area contributed by atoms with Crippen LogP contribution in [0.15, 0.2) is 55.6 Å². The third-order valence-corrected chi connectivity index (χ3v) is 21.8. The monoisotopic (exact) mass is 2070 g/mol. The van der Waals surface area contributed by atoms with Crippen molar-refractivity contribution in [3.63, 3.8) is 0 Å². The van der Waals surface area contributed by atoms with Gasteiger partial charge in [-0.3, -0.25) is 19.4 Å². The van der Waals surface area contributed by atoms with E-state index in [9.17, 15) is 28.2 Å². The first kappa shape index (κ1) is 142. The zero-order valence-electron chi connectivity index (χ0n) is 96.1. The van der Waals surface area contributed by atoms with Crippen LogP contribution in [0.2, 0.25) is 5.02 Å². The van der Waals surface area contributed by atoms with E-state index in [-0.39, 0.29) is 74.8 Å². The van der Waals surface area contributed by atoms with Gasteiger partial charge in [-0.05, 0) is 355 Å². The smallest absolute Gasteiger partial charge is 0.335 e. The van der Waals surface area contributed by atoms with E-state index >= 15 is 0 Å². The van der Waals surface area contributed by atoms with Gasteiger partial charge in [0, 0.05) is 235 Å². The quantitative estimate of drug-likeness (QED) is 0.0237. The number of likely N-dealkylation sites (tertiary alicyclic amines) is 2. The van der Waals surface area contributed by atoms with Gasteiger partial charge in [0.25, 0.3) is 0 Å². The van der Waals surface area contributed by atoms with Crippen molar-refractivity contribution in [3.05, 3.63) is 66.2 Å². The van der Waals surface area contributed by atoms with Crippen molar-refractivity contribution in [3.8, 4) is 0 Å². The van der Waals surface area contributed by atoms with Crippen molar-refractivity contribution >= 4 is 33.3 Å². The number of halogens is 1. The van der Waals surface area contributed by atoms with E-state index in [1.165, 1.54) is 11.8 Å². The van der Waals surface area contributed by atoms with Crippen molar-refractivity contribution in [2.24, 2.45) is 0 Å². The maximum atomic E-state index is 11.2. The summed E-state index contributed by atoms with van der Waals surface area (Å²) in [5.41, 5.74) is -0.528. The lowest BCUT2D eigenvalue weighted by atomic mass is 9.91. The first-order valence-corrected chi connectivity index (χ1v) is 55.2. The Kier molecular flexibility index (Phi) is 79.9. The molecule has 0 aromatic carbocycles. The molecule has 0 saturated carbocycles. The zero-order chi connectivity index (χ0) is 108. The number of imidazole rings is 1. The third kappa shape index (κ3) is 106. The second-order valence-corrected chi connectivity index (χ2v) is 48.7. The maximum Gasteiger partial charge on any atom is 0.335 e. The molecule has 1 unspecified atom stereocenters. The van der Waals surface area contributed by atoms with E-state index in [2.05, 4.69) is 249 Å². The number of pyridine rings is 1. The third-order valence-electron chi connectivity index (χ3n) is 20.6. The molecule has 1 amide bonds. The first-order chi connectivity index (χ1) is 65.8. The number of hydrogen-bond acceptors (Lipinski definition) is 29. The highest BCUT2D eigenvalue weighted by atomic mass is 35.5. The number of carboxylic acid groups (broad SMARTS) is 1. The number of piperazine rings is 1. The number of β-amino-alcohol motifs (C(OH)–C–C–N with tert-alkyl or cyclic N) is 1. The van der Waals surface area contributed by atoms with Gasteiger partial charge in [0.05, 0.1) is 86.4 Å². The predicted molar refractivity (Wildman–Crippen MR) is 586 cm³/mol. The highest BCUT2D eigenvalue weighted by Gasteiger charge is 2.39. The van der Waals surface area contributed by atoms with E-state index < -0.39 is 21.4 Å². The number of likely N-dealkylation sites (N-methyl/N-ethyl adjacent to an activating group) is 1. The summed E-state index contributed by atoms with van der Waals surface area (Å²) in [6.45, 7) is 89.0. The van der Waals surface area contributed by atoms with Gasteiger partial charge in [-0.2, -0.15) is 5.10 Å². The van der Waals surface area contributed by atoms with Gasteiger partial charge in [-0.1, -0.05) is 11.6 Å². The molecular weight excluding hydrogens is 1850 g/mol. The number of rotatable bonds is 55. The summed E-state index contributed by atoms with van der Waals surface area (Å²) in [5, 5.41) is 58.0. The van der Waals surface area contributed by atoms with Crippen molar-refractivity contribution in [1.82, 2.24) is 80.3 Å². The zero-order valence-corrected chi connectivity index (χ0v) is 97.7. The molecule has 1 atom stereocenters. The number of aliphatic hydroxyl groups excluding tert-OH is 2. The lowest BCUT2D eigenvalue weighted by Crippen LogP contribution is -2.49. The fraction of sp³-hybridized carbons (Fsp3) is 0.879. The van der Waals surface area contributed by atoms with Crippen LogP contribution in [0.1, 0.15) is 283 Å². The Morgan fingerprint density at radius 2 is 0.824 bits per heavy atom. The predicted octanol–water partition coefficient (Wildman–Crippen LogP) is 13.8. The van der Waals surface area contributed by atoms with E-state index in [1.807, 2.05) is 82.2 Å². The molecule has 0 radical (unpaired) electrons. The fourth-order valence-electron chi connectivity index (χ4n) is 13.0. The number of nitrogens with one attached hydrogen (secondary N) is 5. The van der Waals surface area contributed by atoms with Crippen molar-refractivity contribution in [2.75, 3.05) is 256 Å². The van der Waals surface area contributed by atoms with E-state index in [0.717, 1.165) is 274 Å². The summed E-state index contributed by atoms with van der Waals surface area (Å²) in [6, 6.07) is 4.12. The number of carbonyl (C=O) groups is 2. The number of piperidine rings is 1. The molecule has 840 valence electrons. The minimum Gasteiger partial charge on any atom is -0.479 e. The number of aromatic nitrogens is 5. The summed E-state index contributed by atoms with van der Waals surface area (Å²) in [4.78, 5) is 43.2. The van der Waals surface area contributed by atoms with Crippen molar-refractivity contribution in [1.29, 1.82) is 0 Å². The molecular formula is C107H217ClN16O17S. The van der Waals surface area contributed by atoms with Crippen LogP contribution in [0, 0.1) is 0 Å².